The third kappa shape index (κ3) is 11.2. The Hall–Kier alpha value is -0.460. The average molecular weight is 387 g/mol. The standard InChI is InChI=1S/C22H42O5/c1-2-3-4-5-6-7-8-9-10-11-12-13-14-15-16-26-22-20(25)18-27-21(22)19(24)17-23/h2-3,19-25H,4-18H2,1H3/b3-2+/t19-,20+,21-,22-/m1/s1. The van der Waals surface area contributed by atoms with Crippen molar-refractivity contribution in [1.82, 2.24) is 0 Å². The van der Waals surface area contributed by atoms with Crippen LogP contribution in [-0.4, -0.2) is 59.6 Å². The van der Waals surface area contributed by atoms with E-state index in [2.05, 4.69) is 19.1 Å². The highest BCUT2D eigenvalue weighted by atomic mass is 16.6. The zero-order valence-electron chi connectivity index (χ0n) is 17.2. The van der Waals surface area contributed by atoms with E-state index in [1.165, 1.54) is 64.2 Å². The van der Waals surface area contributed by atoms with Gasteiger partial charge in [-0.3, -0.25) is 0 Å². The SMILES string of the molecule is C/C=C/CCCCCCCCCCCCCO[C@H]1[C@@H]([C@H](O)CO)OC[C@@H]1O. The molecule has 1 aliphatic rings. The minimum atomic E-state index is -1.000. The minimum absolute atomic E-state index is 0.155. The van der Waals surface area contributed by atoms with Gasteiger partial charge in [0.2, 0.25) is 0 Å². The summed E-state index contributed by atoms with van der Waals surface area (Å²) in [6, 6.07) is 0. The van der Waals surface area contributed by atoms with Crippen molar-refractivity contribution in [3.8, 4) is 0 Å². The Morgan fingerprint density at radius 1 is 0.963 bits per heavy atom. The second-order valence-corrected chi connectivity index (χ2v) is 7.70. The summed E-state index contributed by atoms with van der Waals surface area (Å²) < 4.78 is 11.0. The summed E-state index contributed by atoms with van der Waals surface area (Å²) in [5, 5.41) is 28.6. The Morgan fingerprint density at radius 2 is 1.52 bits per heavy atom. The molecule has 0 radical (unpaired) electrons. The predicted octanol–water partition coefficient (Wildman–Crippen LogP) is 3.74. The normalized spacial score (nSPS) is 24.1. The molecule has 3 N–H and O–H groups in total. The Kier molecular flexibility index (Phi) is 15.0. The molecular weight excluding hydrogens is 344 g/mol. The lowest BCUT2D eigenvalue weighted by atomic mass is 10.0. The van der Waals surface area contributed by atoms with Crippen LogP contribution in [0, 0.1) is 0 Å². The molecule has 4 atom stereocenters. The molecule has 0 aromatic carbocycles. The fraction of sp³-hybridized carbons (Fsp3) is 0.909. The van der Waals surface area contributed by atoms with Gasteiger partial charge in [0, 0.05) is 6.61 Å². The molecule has 27 heavy (non-hydrogen) atoms. The summed E-state index contributed by atoms with van der Waals surface area (Å²) in [6.07, 6.45) is 16.8. The van der Waals surface area contributed by atoms with Gasteiger partial charge in [-0.15, -0.1) is 0 Å². The first-order valence-electron chi connectivity index (χ1n) is 11.0. The van der Waals surface area contributed by atoms with Gasteiger partial charge in [-0.25, -0.2) is 0 Å². The van der Waals surface area contributed by atoms with Crippen molar-refractivity contribution in [2.75, 3.05) is 19.8 Å². The van der Waals surface area contributed by atoms with E-state index in [1.54, 1.807) is 0 Å². The van der Waals surface area contributed by atoms with Gasteiger partial charge in [0.25, 0.3) is 0 Å². The lowest BCUT2D eigenvalue weighted by Gasteiger charge is -2.23. The monoisotopic (exact) mass is 386 g/mol. The minimum Gasteiger partial charge on any atom is -0.394 e. The number of allylic oxidation sites excluding steroid dienone is 2. The molecule has 0 saturated carbocycles. The van der Waals surface area contributed by atoms with Crippen LogP contribution in [0.25, 0.3) is 0 Å². The summed E-state index contributed by atoms with van der Waals surface area (Å²) in [5.74, 6) is 0. The fourth-order valence-electron chi connectivity index (χ4n) is 3.60. The van der Waals surface area contributed by atoms with Crippen molar-refractivity contribution >= 4 is 0 Å². The van der Waals surface area contributed by atoms with Crippen LogP contribution in [0.15, 0.2) is 12.2 Å². The first-order valence-corrected chi connectivity index (χ1v) is 11.0. The highest BCUT2D eigenvalue weighted by Crippen LogP contribution is 2.21. The maximum atomic E-state index is 9.87. The zero-order valence-corrected chi connectivity index (χ0v) is 17.2. The smallest absolute Gasteiger partial charge is 0.114 e. The molecule has 1 heterocycles. The van der Waals surface area contributed by atoms with Crippen LogP contribution in [-0.2, 0) is 9.47 Å². The number of ether oxygens (including phenoxy) is 2. The van der Waals surface area contributed by atoms with Crippen LogP contribution in [0.5, 0.6) is 0 Å². The van der Waals surface area contributed by atoms with E-state index < -0.39 is 24.4 Å². The highest BCUT2D eigenvalue weighted by molar-refractivity contribution is 4.89. The fourth-order valence-corrected chi connectivity index (χ4v) is 3.60. The zero-order chi connectivity index (χ0) is 19.7. The van der Waals surface area contributed by atoms with Gasteiger partial charge in [0.1, 0.15) is 24.4 Å². The molecule has 1 rings (SSSR count). The third-order valence-corrected chi connectivity index (χ3v) is 5.29. The summed E-state index contributed by atoms with van der Waals surface area (Å²) in [7, 11) is 0. The Labute approximate surface area is 165 Å². The van der Waals surface area contributed by atoms with Crippen LogP contribution in [0.1, 0.15) is 84.0 Å². The number of hydrogen-bond acceptors (Lipinski definition) is 5. The average Bonchev–Trinajstić information content (AvgIpc) is 3.04. The second-order valence-electron chi connectivity index (χ2n) is 7.70. The van der Waals surface area contributed by atoms with E-state index in [0.29, 0.717) is 6.61 Å². The molecule has 0 aromatic rings. The Morgan fingerprint density at radius 3 is 2.07 bits per heavy atom. The van der Waals surface area contributed by atoms with Crippen molar-refractivity contribution in [3.05, 3.63) is 12.2 Å². The van der Waals surface area contributed by atoms with Crippen LogP contribution in [0.3, 0.4) is 0 Å². The molecule has 5 heteroatoms. The quantitative estimate of drug-likeness (QED) is 0.262. The molecule has 0 spiro atoms. The third-order valence-electron chi connectivity index (χ3n) is 5.29. The number of unbranched alkanes of at least 4 members (excludes halogenated alkanes) is 11. The highest BCUT2D eigenvalue weighted by Gasteiger charge is 2.40. The van der Waals surface area contributed by atoms with E-state index in [-0.39, 0.29) is 13.2 Å². The molecule has 5 nitrogen and oxygen atoms in total. The molecule has 0 amide bonds. The lowest BCUT2D eigenvalue weighted by molar-refractivity contribution is -0.0938. The van der Waals surface area contributed by atoms with Gasteiger partial charge in [-0.2, -0.15) is 0 Å². The molecule has 0 aliphatic carbocycles. The maximum Gasteiger partial charge on any atom is 0.114 e. The van der Waals surface area contributed by atoms with Crippen molar-refractivity contribution < 1.29 is 24.8 Å². The van der Waals surface area contributed by atoms with Gasteiger partial charge >= 0.3 is 0 Å². The van der Waals surface area contributed by atoms with Crippen LogP contribution in [0.4, 0.5) is 0 Å². The van der Waals surface area contributed by atoms with Crippen molar-refractivity contribution in [2.24, 2.45) is 0 Å². The van der Waals surface area contributed by atoms with Crippen molar-refractivity contribution in [2.45, 2.75) is 108 Å². The maximum absolute atomic E-state index is 9.87. The number of aliphatic hydroxyl groups is 3. The van der Waals surface area contributed by atoms with E-state index >= 15 is 0 Å². The van der Waals surface area contributed by atoms with Gasteiger partial charge in [-0.1, -0.05) is 69.9 Å². The van der Waals surface area contributed by atoms with Crippen molar-refractivity contribution in [1.29, 1.82) is 0 Å². The lowest BCUT2D eigenvalue weighted by Crippen LogP contribution is -2.42. The summed E-state index contributed by atoms with van der Waals surface area (Å²) >= 11 is 0. The molecule has 160 valence electrons. The van der Waals surface area contributed by atoms with E-state index in [9.17, 15) is 10.2 Å². The molecule has 1 saturated heterocycles. The molecule has 0 unspecified atom stereocenters. The molecule has 1 aliphatic heterocycles. The summed E-state index contributed by atoms with van der Waals surface area (Å²) in [4.78, 5) is 0. The molecular formula is C22H42O5. The predicted molar refractivity (Wildman–Crippen MR) is 109 cm³/mol. The van der Waals surface area contributed by atoms with Gasteiger partial charge in [0.15, 0.2) is 0 Å². The van der Waals surface area contributed by atoms with E-state index in [1.807, 2.05) is 0 Å². The van der Waals surface area contributed by atoms with Gasteiger partial charge in [-0.05, 0) is 26.2 Å². The van der Waals surface area contributed by atoms with E-state index in [0.717, 1.165) is 12.8 Å². The number of hydrogen-bond donors (Lipinski definition) is 3. The topological polar surface area (TPSA) is 79.2 Å². The Balaban J connectivity index is 1.87. The second kappa shape index (κ2) is 16.5. The van der Waals surface area contributed by atoms with E-state index in [4.69, 9.17) is 14.6 Å². The summed E-state index contributed by atoms with van der Waals surface area (Å²) in [5.41, 5.74) is 0. The number of aliphatic hydroxyl groups excluding tert-OH is 3. The molecule has 0 bridgehead atoms. The first-order chi connectivity index (χ1) is 13.2. The first kappa shape index (κ1) is 24.6. The van der Waals surface area contributed by atoms with Crippen LogP contribution in [0.2, 0.25) is 0 Å². The van der Waals surface area contributed by atoms with Gasteiger partial charge in [0.05, 0.1) is 13.2 Å². The van der Waals surface area contributed by atoms with Crippen molar-refractivity contribution in [3.63, 3.8) is 0 Å². The Bertz CT molecular complexity index is 361. The largest absolute Gasteiger partial charge is 0.394 e. The van der Waals surface area contributed by atoms with Crippen LogP contribution >= 0.6 is 0 Å². The summed E-state index contributed by atoms with van der Waals surface area (Å²) in [6.45, 7) is 2.42. The molecule has 0 aromatic heterocycles. The van der Waals surface area contributed by atoms with Crippen LogP contribution < -0.4 is 0 Å². The number of rotatable bonds is 17. The van der Waals surface area contributed by atoms with Gasteiger partial charge < -0.3 is 24.8 Å². The molecule has 1 fully saturated rings.